The first kappa shape index (κ1) is 17.1. The molecule has 3 heterocycles. The third kappa shape index (κ3) is 3.24. The summed E-state index contributed by atoms with van der Waals surface area (Å²) in [6, 6.07) is 4.77. The van der Waals surface area contributed by atoms with Crippen molar-refractivity contribution < 1.29 is 14.5 Å². The summed E-state index contributed by atoms with van der Waals surface area (Å²) in [4.78, 5) is 36.8. The van der Waals surface area contributed by atoms with Crippen LogP contribution in [0.3, 0.4) is 0 Å². The number of hydrogen-bond acceptors (Lipinski definition) is 7. The Labute approximate surface area is 150 Å². The molecule has 0 unspecified atom stereocenters. The number of nitrogens with one attached hydrogen (secondary N) is 1. The number of nitrogens with zero attached hydrogens (tertiary/aromatic N) is 3. The summed E-state index contributed by atoms with van der Waals surface area (Å²) < 4.78 is 0. The van der Waals surface area contributed by atoms with Crippen molar-refractivity contribution in [3.63, 3.8) is 0 Å². The summed E-state index contributed by atoms with van der Waals surface area (Å²) in [7, 11) is 0. The Morgan fingerprint density at radius 3 is 2.76 bits per heavy atom. The molecule has 2 amide bonds. The van der Waals surface area contributed by atoms with Gasteiger partial charge in [0, 0.05) is 24.4 Å². The number of carbonyl (C=O) groups is 2. The van der Waals surface area contributed by atoms with Gasteiger partial charge in [-0.2, -0.15) is 5.26 Å². The van der Waals surface area contributed by atoms with Gasteiger partial charge < -0.3 is 10.2 Å². The summed E-state index contributed by atoms with van der Waals surface area (Å²) in [6.07, 6.45) is 0.564. The van der Waals surface area contributed by atoms with E-state index in [1.54, 1.807) is 4.90 Å². The van der Waals surface area contributed by atoms with Crippen LogP contribution in [-0.4, -0.2) is 28.2 Å². The average Bonchev–Trinajstić information content (AvgIpc) is 3.18. The van der Waals surface area contributed by atoms with Crippen molar-refractivity contribution in [2.45, 2.75) is 19.9 Å². The van der Waals surface area contributed by atoms with Gasteiger partial charge in [-0.15, -0.1) is 11.3 Å². The van der Waals surface area contributed by atoms with Crippen molar-refractivity contribution in [3.8, 4) is 6.07 Å². The zero-order chi connectivity index (χ0) is 18.1. The molecule has 0 aliphatic carbocycles. The Bertz CT molecular complexity index is 925. The summed E-state index contributed by atoms with van der Waals surface area (Å²) in [5.74, 6) is -0.523. The van der Waals surface area contributed by atoms with E-state index in [9.17, 15) is 25.0 Å². The van der Waals surface area contributed by atoms with Gasteiger partial charge in [0.2, 0.25) is 5.91 Å². The van der Waals surface area contributed by atoms with Gasteiger partial charge in [-0.25, -0.2) is 0 Å². The number of amides is 2. The van der Waals surface area contributed by atoms with E-state index in [1.165, 1.54) is 30.4 Å². The molecular formula is C15H12N4O4S2. The smallest absolute Gasteiger partial charge is 0.324 e. The van der Waals surface area contributed by atoms with E-state index in [1.807, 2.05) is 0 Å². The molecule has 0 atom stereocenters. The first-order valence-electron chi connectivity index (χ1n) is 7.26. The van der Waals surface area contributed by atoms with E-state index in [2.05, 4.69) is 11.4 Å². The van der Waals surface area contributed by atoms with Crippen LogP contribution in [0.2, 0.25) is 0 Å². The number of thiophene rings is 2. The molecule has 1 aliphatic heterocycles. The highest BCUT2D eigenvalue weighted by Gasteiger charge is 2.27. The number of fused-ring (bicyclic) bond motifs is 1. The fraction of sp³-hybridized carbons (Fsp3) is 0.267. The molecule has 0 saturated heterocycles. The second-order valence-electron chi connectivity index (χ2n) is 5.36. The third-order valence-corrected chi connectivity index (χ3v) is 6.00. The van der Waals surface area contributed by atoms with Crippen molar-refractivity contribution in [3.05, 3.63) is 43.1 Å². The van der Waals surface area contributed by atoms with E-state index in [0.29, 0.717) is 30.1 Å². The van der Waals surface area contributed by atoms with Crippen LogP contribution in [-0.2, 0) is 17.8 Å². The molecule has 10 heteroatoms. The Morgan fingerprint density at radius 2 is 2.16 bits per heavy atom. The maximum Gasteiger partial charge on any atom is 0.324 e. The van der Waals surface area contributed by atoms with Crippen LogP contribution in [0.4, 0.5) is 10.0 Å². The lowest BCUT2D eigenvalue weighted by Crippen LogP contribution is -2.33. The lowest BCUT2D eigenvalue weighted by atomic mass is 10.0. The van der Waals surface area contributed by atoms with Crippen molar-refractivity contribution in [2.75, 3.05) is 11.9 Å². The molecule has 8 nitrogen and oxygen atoms in total. The number of anilines is 1. The standard InChI is InChI=1S/C15H12N4O4S2/c1-8(20)18-5-4-9-10(6-16)15(25-12(9)7-18)17-14(21)11-2-3-13(24-11)19(22)23/h2-3H,4-5,7H2,1H3,(H,17,21). The quantitative estimate of drug-likeness (QED) is 0.653. The molecule has 0 saturated carbocycles. The SMILES string of the molecule is CC(=O)N1CCc2c(sc(NC(=O)c3ccc([N+](=O)[O-])s3)c2C#N)C1. The molecule has 0 spiro atoms. The van der Waals surface area contributed by atoms with Gasteiger partial charge in [0.05, 0.1) is 21.9 Å². The summed E-state index contributed by atoms with van der Waals surface area (Å²) in [5, 5.41) is 23.1. The van der Waals surface area contributed by atoms with E-state index < -0.39 is 10.8 Å². The van der Waals surface area contributed by atoms with E-state index in [-0.39, 0.29) is 15.8 Å². The second-order valence-corrected chi connectivity index (χ2v) is 7.53. The van der Waals surface area contributed by atoms with Crippen LogP contribution >= 0.6 is 22.7 Å². The third-order valence-electron chi connectivity index (χ3n) is 3.84. The largest absolute Gasteiger partial charge is 0.337 e. The van der Waals surface area contributed by atoms with E-state index in [4.69, 9.17) is 0 Å². The minimum absolute atomic E-state index is 0.0333. The zero-order valence-electron chi connectivity index (χ0n) is 13.1. The Hall–Kier alpha value is -2.77. The highest BCUT2D eigenvalue weighted by molar-refractivity contribution is 7.18. The second kappa shape index (κ2) is 6.62. The molecule has 0 fully saturated rings. The van der Waals surface area contributed by atoms with Crippen molar-refractivity contribution in [1.82, 2.24) is 4.90 Å². The molecule has 3 rings (SSSR count). The number of nitriles is 1. The lowest BCUT2D eigenvalue weighted by molar-refractivity contribution is -0.380. The van der Waals surface area contributed by atoms with Gasteiger partial charge in [-0.05, 0) is 18.1 Å². The van der Waals surface area contributed by atoms with Crippen LogP contribution < -0.4 is 5.32 Å². The number of carbonyl (C=O) groups excluding carboxylic acids is 2. The first-order chi connectivity index (χ1) is 11.9. The molecular weight excluding hydrogens is 364 g/mol. The van der Waals surface area contributed by atoms with Crippen LogP contribution in [0.15, 0.2) is 12.1 Å². The normalized spacial score (nSPS) is 13.0. The Morgan fingerprint density at radius 1 is 1.40 bits per heavy atom. The summed E-state index contributed by atoms with van der Waals surface area (Å²) in [5.41, 5.74) is 1.26. The first-order valence-corrected chi connectivity index (χ1v) is 8.89. The lowest BCUT2D eigenvalue weighted by Gasteiger charge is -2.25. The fourth-order valence-electron chi connectivity index (χ4n) is 2.59. The molecule has 2 aromatic heterocycles. The Balaban J connectivity index is 1.85. The molecule has 25 heavy (non-hydrogen) atoms. The van der Waals surface area contributed by atoms with Gasteiger partial charge in [-0.1, -0.05) is 11.3 Å². The molecule has 1 N–H and O–H groups in total. The topological polar surface area (TPSA) is 116 Å². The average molecular weight is 376 g/mol. The van der Waals surface area contributed by atoms with Gasteiger partial charge in [0.25, 0.3) is 5.91 Å². The van der Waals surface area contributed by atoms with E-state index >= 15 is 0 Å². The minimum Gasteiger partial charge on any atom is -0.337 e. The number of rotatable bonds is 3. The molecule has 0 radical (unpaired) electrons. The predicted molar refractivity (Wildman–Crippen MR) is 92.8 cm³/mol. The van der Waals surface area contributed by atoms with Gasteiger partial charge in [-0.3, -0.25) is 19.7 Å². The van der Waals surface area contributed by atoms with Crippen LogP contribution in [0.5, 0.6) is 0 Å². The van der Waals surface area contributed by atoms with Crippen molar-refractivity contribution in [1.29, 1.82) is 5.26 Å². The van der Waals surface area contributed by atoms with Crippen LogP contribution in [0, 0.1) is 21.4 Å². The molecule has 1 aliphatic rings. The molecule has 0 aromatic carbocycles. The maximum atomic E-state index is 12.3. The molecule has 128 valence electrons. The summed E-state index contributed by atoms with van der Waals surface area (Å²) >= 11 is 2.04. The zero-order valence-corrected chi connectivity index (χ0v) is 14.7. The maximum absolute atomic E-state index is 12.3. The monoisotopic (exact) mass is 376 g/mol. The number of hydrogen-bond donors (Lipinski definition) is 1. The van der Waals surface area contributed by atoms with Crippen molar-refractivity contribution >= 4 is 44.5 Å². The Kier molecular flexibility index (Phi) is 4.52. The predicted octanol–water partition coefficient (Wildman–Crippen LogP) is 2.75. The summed E-state index contributed by atoms with van der Waals surface area (Å²) in [6.45, 7) is 2.46. The molecule has 0 bridgehead atoms. The highest BCUT2D eigenvalue weighted by atomic mass is 32.1. The fourth-order valence-corrected chi connectivity index (χ4v) is 4.52. The van der Waals surface area contributed by atoms with E-state index in [0.717, 1.165) is 21.8 Å². The van der Waals surface area contributed by atoms with Gasteiger partial charge >= 0.3 is 5.00 Å². The van der Waals surface area contributed by atoms with Gasteiger partial charge in [0.15, 0.2) is 0 Å². The number of nitro groups is 1. The van der Waals surface area contributed by atoms with Gasteiger partial charge in [0.1, 0.15) is 11.1 Å². The van der Waals surface area contributed by atoms with Crippen molar-refractivity contribution in [2.24, 2.45) is 0 Å². The van der Waals surface area contributed by atoms with Crippen LogP contribution in [0.25, 0.3) is 0 Å². The minimum atomic E-state index is -0.553. The van der Waals surface area contributed by atoms with Crippen LogP contribution in [0.1, 0.15) is 32.6 Å². The molecule has 2 aromatic rings. The highest BCUT2D eigenvalue weighted by Crippen LogP contribution is 2.37.